The second kappa shape index (κ2) is 20.8. The molecule has 20 aromatic rings. The second-order valence-electron chi connectivity index (χ2n) is 24.7. The lowest BCUT2D eigenvalue weighted by molar-refractivity contribution is 0.668. The number of hydrogen-bond donors (Lipinski definition) is 0. The van der Waals surface area contributed by atoms with E-state index in [1.54, 1.807) is 0 Å². The van der Waals surface area contributed by atoms with E-state index in [0.717, 1.165) is 182 Å². The molecule has 8 aromatic heterocycles. The number of benzene rings is 12. The van der Waals surface area contributed by atoms with Crippen molar-refractivity contribution in [2.24, 2.45) is 0 Å². The third-order valence-electron chi connectivity index (χ3n) is 19.2. The molecule has 8 heteroatoms. The number of furan rings is 4. The Balaban J connectivity index is 0.589. The molecular weight excluding hydrogens is 1160 g/mol. The van der Waals surface area contributed by atoms with Crippen LogP contribution in [0, 0.1) is 0 Å². The minimum Gasteiger partial charge on any atom is -0.456 e. The molecule has 12 aromatic carbocycles. The SMILES string of the molecule is c1ccc(-n2c3ccccc3c3cc(-c4cncc(-c5ccc6oc7ccc(-c8cncc(-c9ccc%10oc%11ccc(-c%12cncc(-c%13ccc%14oc%15ccc(-c%16ccccc%16-c%16ccc%17oc%18ccccc%18c%17c%16)cc%15c%14c%13)c%12)cc%11c%10c9)c8)cc7c6c5)c4)ccc32)cc1. The molecule has 8 heterocycles. The Morgan fingerprint density at radius 3 is 0.884 bits per heavy atom. The number of pyridine rings is 3. The normalized spacial score (nSPS) is 12.0. The van der Waals surface area contributed by atoms with Gasteiger partial charge in [0.25, 0.3) is 0 Å². The Morgan fingerprint density at radius 2 is 0.474 bits per heavy atom. The summed E-state index contributed by atoms with van der Waals surface area (Å²) in [5.41, 5.74) is 27.2. The van der Waals surface area contributed by atoms with Crippen molar-refractivity contribution in [2.45, 2.75) is 0 Å². The molecule has 0 unspecified atom stereocenters. The highest BCUT2D eigenvalue weighted by molar-refractivity contribution is 6.13. The van der Waals surface area contributed by atoms with Gasteiger partial charge < -0.3 is 22.2 Å². The number of rotatable bonds is 9. The minimum absolute atomic E-state index is 0.817. The lowest BCUT2D eigenvalue weighted by atomic mass is 9.93. The standard InChI is InChI=1S/C87H50N4O4/c1-2-10-65(11-3-1)91-78-16-8-6-14-68(78)70-37-51(18-26-79(70)91)59-34-60(46-88-45-59)52-19-27-82-72(38-52)73-39-53(20-28-83(73)93-82)61-35-62(48-89-47-61)54-21-29-84-74(40-54)75-41-55(22-30-85(75)94-84)63-36-64(50-90-49-63)56-23-31-86-76(42-56)77-44-58(25-33-87(77)95-86)67-13-5-4-12-66(67)57-24-32-81-71(43-57)69-15-7-9-17-80(69)92-81/h1-50H. The summed E-state index contributed by atoms with van der Waals surface area (Å²) in [6, 6.07) is 94.5. The fourth-order valence-electron chi connectivity index (χ4n) is 14.6. The van der Waals surface area contributed by atoms with Gasteiger partial charge in [-0.1, -0.05) is 127 Å². The van der Waals surface area contributed by atoms with Crippen LogP contribution in [0.3, 0.4) is 0 Å². The van der Waals surface area contributed by atoms with Gasteiger partial charge in [-0.05, 0) is 195 Å². The molecule has 0 atom stereocenters. The lowest BCUT2D eigenvalue weighted by Gasteiger charge is -2.11. The molecule has 0 spiro atoms. The van der Waals surface area contributed by atoms with Crippen molar-refractivity contribution in [3.8, 4) is 94.7 Å². The molecule has 0 saturated carbocycles. The quantitative estimate of drug-likeness (QED) is 0.142. The van der Waals surface area contributed by atoms with Gasteiger partial charge in [-0.3, -0.25) is 15.0 Å². The summed E-state index contributed by atoms with van der Waals surface area (Å²) >= 11 is 0. The molecule has 0 fully saturated rings. The van der Waals surface area contributed by atoms with Crippen LogP contribution in [0.4, 0.5) is 0 Å². The van der Waals surface area contributed by atoms with Gasteiger partial charge in [0.05, 0.1) is 11.0 Å². The Labute approximate surface area is 542 Å². The van der Waals surface area contributed by atoms with E-state index in [4.69, 9.17) is 32.6 Å². The Bertz CT molecular complexity index is 6560. The molecule has 0 amide bonds. The van der Waals surface area contributed by atoms with E-state index >= 15 is 0 Å². The summed E-state index contributed by atoms with van der Waals surface area (Å²) in [6.45, 7) is 0. The Kier molecular flexibility index (Phi) is 11.6. The van der Waals surface area contributed by atoms with Crippen LogP contribution >= 0.6 is 0 Å². The van der Waals surface area contributed by atoms with E-state index in [2.05, 4.69) is 259 Å². The number of hydrogen-bond acceptors (Lipinski definition) is 7. The van der Waals surface area contributed by atoms with Crippen LogP contribution in [0.25, 0.3) is 204 Å². The van der Waals surface area contributed by atoms with Crippen molar-refractivity contribution >= 4 is 110 Å². The van der Waals surface area contributed by atoms with Crippen molar-refractivity contribution in [1.29, 1.82) is 0 Å². The van der Waals surface area contributed by atoms with Gasteiger partial charge in [0.2, 0.25) is 0 Å². The highest BCUT2D eigenvalue weighted by atomic mass is 16.3. The number of aromatic nitrogens is 4. The van der Waals surface area contributed by atoms with Crippen LogP contribution in [0.15, 0.2) is 322 Å². The van der Waals surface area contributed by atoms with Crippen molar-refractivity contribution in [2.75, 3.05) is 0 Å². The molecule has 0 aliphatic heterocycles. The molecule has 0 bridgehead atoms. The van der Waals surface area contributed by atoms with Gasteiger partial charge in [-0.2, -0.15) is 0 Å². The summed E-state index contributed by atoms with van der Waals surface area (Å²) in [4.78, 5) is 14.4. The zero-order valence-corrected chi connectivity index (χ0v) is 50.8. The smallest absolute Gasteiger partial charge is 0.135 e. The predicted molar refractivity (Wildman–Crippen MR) is 387 cm³/mol. The summed E-state index contributed by atoms with van der Waals surface area (Å²) < 4.78 is 28.0. The van der Waals surface area contributed by atoms with E-state index in [-0.39, 0.29) is 0 Å². The Hall–Kier alpha value is -12.9. The van der Waals surface area contributed by atoms with Crippen molar-refractivity contribution in [3.05, 3.63) is 304 Å². The Morgan fingerprint density at radius 1 is 0.189 bits per heavy atom. The first kappa shape index (κ1) is 52.8. The first-order valence-electron chi connectivity index (χ1n) is 31.9. The average molecular weight is 1220 g/mol. The summed E-state index contributed by atoms with van der Waals surface area (Å²) in [5, 5.41) is 10.9. The van der Waals surface area contributed by atoms with E-state index in [1.807, 2.05) is 49.3 Å². The average Bonchev–Trinajstić information content (AvgIpc) is 1.63. The van der Waals surface area contributed by atoms with Crippen LogP contribution in [0.1, 0.15) is 0 Å². The maximum absolute atomic E-state index is 6.50. The van der Waals surface area contributed by atoms with Crippen LogP contribution in [0.2, 0.25) is 0 Å². The predicted octanol–water partition coefficient (Wildman–Crippen LogP) is 23.9. The van der Waals surface area contributed by atoms with Gasteiger partial charge in [0.1, 0.15) is 44.7 Å². The number of para-hydroxylation sites is 3. The van der Waals surface area contributed by atoms with E-state index < -0.39 is 0 Å². The zero-order valence-electron chi connectivity index (χ0n) is 50.8. The van der Waals surface area contributed by atoms with E-state index in [0.29, 0.717) is 0 Å². The van der Waals surface area contributed by atoms with Crippen LogP contribution in [-0.4, -0.2) is 19.5 Å². The molecule has 20 rings (SSSR count). The third kappa shape index (κ3) is 8.65. The maximum Gasteiger partial charge on any atom is 0.135 e. The topological polar surface area (TPSA) is 96.2 Å². The molecule has 0 N–H and O–H groups in total. The van der Waals surface area contributed by atoms with Crippen LogP contribution in [0.5, 0.6) is 0 Å². The van der Waals surface area contributed by atoms with Crippen molar-refractivity contribution in [3.63, 3.8) is 0 Å². The summed E-state index contributed by atoms with van der Waals surface area (Å²) in [6.07, 6.45) is 11.6. The summed E-state index contributed by atoms with van der Waals surface area (Å²) in [5.74, 6) is 0. The molecule has 0 aliphatic rings. The van der Waals surface area contributed by atoms with Gasteiger partial charge in [0, 0.05) is 130 Å². The highest BCUT2D eigenvalue weighted by Gasteiger charge is 2.20. The maximum atomic E-state index is 6.50. The first-order valence-corrected chi connectivity index (χ1v) is 31.9. The molecule has 0 radical (unpaired) electrons. The highest BCUT2D eigenvalue weighted by Crippen LogP contribution is 2.44. The second-order valence-corrected chi connectivity index (χ2v) is 24.7. The largest absolute Gasteiger partial charge is 0.456 e. The molecule has 442 valence electrons. The molecule has 8 nitrogen and oxygen atoms in total. The fourth-order valence-corrected chi connectivity index (χ4v) is 14.6. The molecular formula is C87H50N4O4. The van der Waals surface area contributed by atoms with Crippen LogP contribution in [-0.2, 0) is 0 Å². The van der Waals surface area contributed by atoms with Crippen LogP contribution < -0.4 is 0 Å². The third-order valence-corrected chi connectivity index (χ3v) is 19.2. The number of nitrogens with zero attached hydrogens (tertiary/aromatic N) is 4. The summed E-state index contributed by atoms with van der Waals surface area (Å²) in [7, 11) is 0. The van der Waals surface area contributed by atoms with E-state index in [9.17, 15) is 0 Å². The van der Waals surface area contributed by atoms with Gasteiger partial charge in [0.15, 0.2) is 0 Å². The zero-order chi connectivity index (χ0) is 62.2. The number of fused-ring (bicyclic) bond motifs is 15. The van der Waals surface area contributed by atoms with Gasteiger partial charge in [-0.25, -0.2) is 0 Å². The van der Waals surface area contributed by atoms with E-state index in [1.165, 1.54) is 21.8 Å². The molecule has 0 saturated heterocycles. The monoisotopic (exact) mass is 1210 g/mol. The molecule has 0 aliphatic carbocycles. The van der Waals surface area contributed by atoms with Gasteiger partial charge >= 0.3 is 0 Å². The van der Waals surface area contributed by atoms with Gasteiger partial charge in [-0.15, -0.1) is 0 Å². The first-order chi connectivity index (χ1) is 47.0. The van der Waals surface area contributed by atoms with Crippen molar-refractivity contribution in [1.82, 2.24) is 19.5 Å². The molecule has 95 heavy (non-hydrogen) atoms. The van der Waals surface area contributed by atoms with Crippen molar-refractivity contribution < 1.29 is 17.7 Å². The fraction of sp³-hybridized carbons (Fsp3) is 0. The minimum atomic E-state index is 0.817. The lowest BCUT2D eigenvalue weighted by Crippen LogP contribution is -1.92.